The molecule has 0 atom stereocenters. The standard InChI is InChI=1S/C15H18N2OS/c1-10-4-3-5-12(8-10)6-7-17-15(18)14-9-13(16)11(2)19-14/h3-5,8-9H,6-7,16H2,1-2H3,(H,17,18). The molecule has 19 heavy (non-hydrogen) atoms. The third-order valence-corrected chi connectivity index (χ3v) is 4.03. The second kappa shape index (κ2) is 5.89. The summed E-state index contributed by atoms with van der Waals surface area (Å²) < 4.78 is 0. The van der Waals surface area contributed by atoms with Gasteiger partial charge in [-0.2, -0.15) is 0 Å². The van der Waals surface area contributed by atoms with Crippen LogP contribution in [-0.4, -0.2) is 12.5 Å². The van der Waals surface area contributed by atoms with Crippen LogP contribution in [-0.2, 0) is 6.42 Å². The molecule has 2 aromatic rings. The number of anilines is 1. The van der Waals surface area contributed by atoms with Gasteiger partial charge >= 0.3 is 0 Å². The fourth-order valence-electron chi connectivity index (χ4n) is 1.88. The molecule has 1 aromatic carbocycles. The highest BCUT2D eigenvalue weighted by atomic mass is 32.1. The van der Waals surface area contributed by atoms with Crippen LogP contribution in [0.15, 0.2) is 30.3 Å². The molecule has 1 aromatic heterocycles. The van der Waals surface area contributed by atoms with Crippen LogP contribution in [0.25, 0.3) is 0 Å². The van der Waals surface area contributed by atoms with Crippen molar-refractivity contribution in [3.63, 3.8) is 0 Å². The number of carbonyl (C=O) groups excluding carboxylic acids is 1. The Morgan fingerprint density at radius 2 is 2.11 bits per heavy atom. The van der Waals surface area contributed by atoms with Crippen molar-refractivity contribution in [2.45, 2.75) is 20.3 Å². The summed E-state index contributed by atoms with van der Waals surface area (Å²) >= 11 is 1.43. The van der Waals surface area contributed by atoms with Crippen LogP contribution in [0.5, 0.6) is 0 Å². The molecule has 100 valence electrons. The lowest BCUT2D eigenvalue weighted by atomic mass is 10.1. The van der Waals surface area contributed by atoms with Crippen LogP contribution in [0.2, 0.25) is 0 Å². The summed E-state index contributed by atoms with van der Waals surface area (Å²) in [6.45, 7) is 4.63. The zero-order chi connectivity index (χ0) is 13.8. The van der Waals surface area contributed by atoms with Gasteiger partial charge in [-0.3, -0.25) is 4.79 Å². The van der Waals surface area contributed by atoms with Crippen molar-refractivity contribution in [2.75, 3.05) is 12.3 Å². The lowest BCUT2D eigenvalue weighted by molar-refractivity contribution is 0.0958. The Morgan fingerprint density at radius 1 is 1.32 bits per heavy atom. The fourth-order valence-corrected chi connectivity index (χ4v) is 2.74. The highest BCUT2D eigenvalue weighted by molar-refractivity contribution is 7.14. The normalized spacial score (nSPS) is 10.4. The van der Waals surface area contributed by atoms with Crippen LogP contribution < -0.4 is 11.1 Å². The van der Waals surface area contributed by atoms with Gasteiger partial charge in [-0.1, -0.05) is 29.8 Å². The molecular weight excluding hydrogens is 256 g/mol. The van der Waals surface area contributed by atoms with Crippen LogP contribution in [0.1, 0.15) is 25.7 Å². The van der Waals surface area contributed by atoms with E-state index in [4.69, 9.17) is 5.73 Å². The monoisotopic (exact) mass is 274 g/mol. The molecule has 0 aliphatic heterocycles. The van der Waals surface area contributed by atoms with Gasteiger partial charge in [0.25, 0.3) is 5.91 Å². The zero-order valence-corrected chi connectivity index (χ0v) is 12.0. The van der Waals surface area contributed by atoms with Crippen molar-refractivity contribution in [1.29, 1.82) is 0 Å². The Bertz CT molecular complexity index is 570. The average molecular weight is 274 g/mol. The van der Waals surface area contributed by atoms with Gasteiger partial charge < -0.3 is 11.1 Å². The Labute approximate surface area is 117 Å². The van der Waals surface area contributed by atoms with Crippen LogP contribution >= 0.6 is 11.3 Å². The first-order valence-electron chi connectivity index (χ1n) is 6.26. The van der Waals surface area contributed by atoms with E-state index in [2.05, 4.69) is 30.4 Å². The molecule has 0 aliphatic rings. The van der Waals surface area contributed by atoms with E-state index in [0.717, 1.165) is 11.3 Å². The number of amides is 1. The molecule has 0 bridgehead atoms. The number of nitrogens with one attached hydrogen (secondary N) is 1. The van der Waals surface area contributed by atoms with Gasteiger partial charge in [0.15, 0.2) is 0 Å². The maximum Gasteiger partial charge on any atom is 0.261 e. The van der Waals surface area contributed by atoms with E-state index in [9.17, 15) is 4.79 Å². The average Bonchev–Trinajstić information content (AvgIpc) is 2.70. The first kappa shape index (κ1) is 13.6. The van der Waals surface area contributed by atoms with Crippen molar-refractivity contribution in [1.82, 2.24) is 5.32 Å². The van der Waals surface area contributed by atoms with Gasteiger partial charge in [0.2, 0.25) is 0 Å². The molecular formula is C15H18N2OS. The summed E-state index contributed by atoms with van der Waals surface area (Å²) in [5, 5.41) is 2.92. The Hall–Kier alpha value is -1.81. The topological polar surface area (TPSA) is 55.1 Å². The predicted octanol–water partition coefficient (Wildman–Crippen LogP) is 2.92. The molecule has 0 aliphatic carbocycles. The SMILES string of the molecule is Cc1cccc(CCNC(=O)c2cc(N)c(C)s2)c1. The number of thiophene rings is 1. The van der Waals surface area contributed by atoms with E-state index < -0.39 is 0 Å². The second-order valence-electron chi connectivity index (χ2n) is 4.62. The molecule has 3 N–H and O–H groups in total. The van der Waals surface area contributed by atoms with E-state index in [-0.39, 0.29) is 5.91 Å². The van der Waals surface area contributed by atoms with Crippen LogP contribution in [0.4, 0.5) is 5.69 Å². The predicted molar refractivity (Wildman–Crippen MR) is 80.7 cm³/mol. The quantitative estimate of drug-likeness (QED) is 0.900. The lowest BCUT2D eigenvalue weighted by Gasteiger charge is -2.04. The molecule has 3 nitrogen and oxygen atoms in total. The van der Waals surface area contributed by atoms with Gasteiger partial charge in [-0.25, -0.2) is 0 Å². The summed E-state index contributed by atoms with van der Waals surface area (Å²) in [7, 11) is 0. The number of nitrogens with two attached hydrogens (primary N) is 1. The number of hydrogen-bond acceptors (Lipinski definition) is 3. The molecule has 0 unspecified atom stereocenters. The Kier molecular flexibility index (Phi) is 4.22. The van der Waals surface area contributed by atoms with Crippen molar-refractivity contribution in [3.8, 4) is 0 Å². The second-order valence-corrected chi connectivity index (χ2v) is 5.87. The Balaban J connectivity index is 1.87. The molecule has 1 heterocycles. The van der Waals surface area contributed by atoms with Gasteiger partial charge in [-0.15, -0.1) is 11.3 Å². The number of carbonyl (C=O) groups is 1. The van der Waals surface area contributed by atoms with E-state index >= 15 is 0 Å². The molecule has 2 rings (SSSR count). The minimum absolute atomic E-state index is 0.0440. The van der Waals surface area contributed by atoms with Crippen molar-refractivity contribution >= 4 is 22.9 Å². The highest BCUT2D eigenvalue weighted by Crippen LogP contribution is 2.23. The number of nitrogen functional groups attached to an aromatic ring is 1. The molecule has 0 saturated carbocycles. The summed E-state index contributed by atoms with van der Waals surface area (Å²) in [4.78, 5) is 13.6. The van der Waals surface area contributed by atoms with Gasteiger partial charge in [0, 0.05) is 17.1 Å². The Morgan fingerprint density at radius 3 is 2.74 bits per heavy atom. The summed E-state index contributed by atoms with van der Waals surface area (Å²) in [6.07, 6.45) is 0.841. The maximum atomic E-state index is 11.9. The summed E-state index contributed by atoms with van der Waals surface area (Å²) in [5.74, 6) is -0.0440. The van der Waals surface area contributed by atoms with E-state index in [1.165, 1.54) is 22.5 Å². The third-order valence-electron chi connectivity index (χ3n) is 2.96. The first-order valence-corrected chi connectivity index (χ1v) is 7.07. The van der Waals surface area contributed by atoms with Crippen LogP contribution in [0.3, 0.4) is 0 Å². The molecule has 0 radical (unpaired) electrons. The summed E-state index contributed by atoms with van der Waals surface area (Å²) in [6, 6.07) is 10.1. The largest absolute Gasteiger partial charge is 0.398 e. The minimum atomic E-state index is -0.0440. The van der Waals surface area contributed by atoms with Gasteiger partial charge in [0.05, 0.1) is 4.88 Å². The molecule has 0 spiro atoms. The van der Waals surface area contributed by atoms with E-state index in [0.29, 0.717) is 17.1 Å². The van der Waals surface area contributed by atoms with E-state index in [1.54, 1.807) is 6.07 Å². The highest BCUT2D eigenvalue weighted by Gasteiger charge is 2.10. The molecule has 1 amide bonds. The van der Waals surface area contributed by atoms with Crippen molar-refractivity contribution < 1.29 is 4.79 Å². The maximum absolute atomic E-state index is 11.9. The molecule has 0 saturated heterocycles. The number of rotatable bonds is 4. The minimum Gasteiger partial charge on any atom is -0.398 e. The number of hydrogen-bond donors (Lipinski definition) is 2. The lowest BCUT2D eigenvalue weighted by Crippen LogP contribution is -2.24. The molecule has 4 heteroatoms. The fraction of sp³-hybridized carbons (Fsp3) is 0.267. The molecule has 0 fully saturated rings. The zero-order valence-electron chi connectivity index (χ0n) is 11.2. The van der Waals surface area contributed by atoms with Crippen molar-refractivity contribution in [3.05, 3.63) is 51.2 Å². The van der Waals surface area contributed by atoms with Crippen molar-refractivity contribution in [2.24, 2.45) is 0 Å². The van der Waals surface area contributed by atoms with Crippen LogP contribution in [0, 0.1) is 13.8 Å². The van der Waals surface area contributed by atoms with Gasteiger partial charge in [-0.05, 0) is 31.9 Å². The third kappa shape index (κ3) is 3.58. The van der Waals surface area contributed by atoms with E-state index in [1.807, 2.05) is 13.0 Å². The summed E-state index contributed by atoms with van der Waals surface area (Å²) in [5.41, 5.74) is 8.91. The first-order chi connectivity index (χ1) is 9.06. The number of benzene rings is 1. The smallest absolute Gasteiger partial charge is 0.261 e. The van der Waals surface area contributed by atoms with Gasteiger partial charge in [0.1, 0.15) is 0 Å². The number of aryl methyl sites for hydroxylation is 2.